The summed E-state index contributed by atoms with van der Waals surface area (Å²) in [6, 6.07) is 8.88. The van der Waals surface area contributed by atoms with Gasteiger partial charge in [-0.25, -0.2) is 0 Å². The van der Waals surface area contributed by atoms with Crippen LogP contribution >= 0.6 is 12.4 Å². The quantitative estimate of drug-likeness (QED) is 0.623. The molecule has 2 nitrogen and oxygen atoms in total. The Labute approximate surface area is 72.8 Å². The molecule has 0 saturated heterocycles. The van der Waals surface area contributed by atoms with Gasteiger partial charge >= 0.3 is 0 Å². The molecule has 0 fully saturated rings. The first-order chi connectivity index (χ1) is 4.79. The molecular weight excluding hydrogens is 184 g/mol. The van der Waals surface area contributed by atoms with Crippen molar-refractivity contribution in [3.8, 4) is 0 Å². The first kappa shape index (κ1) is 10.2. The Balaban J connectivity index is 0.000001000. The van der Waals surface area contributed by atoms with Crippen LogP contribution in [0.25, 0.3) is 0 Å². The van der Waals surface area contributed by atoms with Crippen molar-refractivity contribution in [2.45, 2.75) is 0 Å². The van der Waals surface area contributed by atoms with Gasteiger partial charge in [0.1, 0.15) is 0 Å². The maximum atomic E-state index is 10.1. The van der Waals surface area contributed by atoms with E-state index < -0.39 is 10.3 Å². The van der Waals surface area contributed by atoms with E-state index in [2.05, 4.69) is 0 Å². The zero-order valence-corrected chi connectivity index (χ0v) is 7.23. The van der Waals surface area contributed by atoms with Gasteiger partial charge < -0.3 is 0 Å². The monoisotopic (exact) mass is 190 g/mol. The third-order valence-electron chi connectivity index (χ3n) is 1.03. The fourth-order valence-electron chi connectivity index (χ4n) is 0.643. The van der Waals surface area contributed by atoms with Gasteiger partial charge in [0.25, 0.3) is 0 Å². The fraction of sp³-hybridized carbons (Fsp3) is 0. The van der Waals surface area contributed by atoms with E-state index in [0.717, 1.165) is 0 Å². The minimum absolute atomic E-state index is 0. The Bertz CT molecular complexity index is 321. The zero-order valence-electron chi connectivity index (χ0n) is 5.60. The molecule has 1 rings (SSSR count). The summed E-state index contributed by atoms with van der Waals surface area (Å²) in [6.07, 6.45) is 0. The van der Waals surface area contributed by atoms with Gasteiger partial charge in [-0.15, -0.1) is 12.4 Å². The van der Waals surface area contributed by atoms with Crippen LogP contribution in [0.5, 0.6) is 0 Å². The second-order valence-corrected chi connectivity index (χ2v) is 2.55. The van der Waals surface area contributed by atoms with Crippen LogP contribution in [0, 0.1) is 0 Å². The zero-order chi connectivity index (χ0) is 7.40. The normalized spacial score (nSPS) is 8.00. The molecule has 4 heteroatoms. The number of benzene rings is 1. The average molecular weight is 191 g/mol. The van der Waals surface area contributed by atoms with E-state index in [1.807, 2.05) is 6.07 Å². The molecule has 0 radical (unpaired) electrons. The lowest BCUT2D eigenvalue weighted by Crippen LogP contribution is -1.78. The van der Waals surface area contributed by atoms with Gasteiger partial charge in [0.15, 0.2) is 0 Å². The molecule has 1 aromatic rings. The van der Waals surface area contributed by atoms with Crippen LogP contribution in [-0.2, 0) is 10.3 Å². The van der Waals surface area contributed by atoms with E-state index in [1.165, 1.54) is 5.37 Å². The van der Waals surface area contributed by atoms with Crippen molar-refractivity contribution in [1.82, 2.24) is 0 Å². The van der Waals surface area contributed by atoms with Crippen molar-refractivity contribution in [3.63, 3.8) is 0 Å². The molecule has 0 spiro atoms. The predicted molar refractivity (Wildman–Crippen MR) is 47.8 cm³/mol. The Morgan fingerprint density at radius 2 is 1.64 bits per heavy atom. The summed E-state index contributed by atoms with van der Waals surface area (Å²) in [5.74, 6) is 0. The molecule has 0 bridgehead atoms. The summed E-state index contributed by atoms with van der Waals surface area (Å²) in [6.45, 7) is 0. The van der Waals surface area contributed by atoms with Gasteiger partial charge in [-0.3, -0.25) is 0 Å². The lowest BCUT2D eigenvalue weighted by atomic mass is 10.2. The third kappa shape index (κ3) is 3.80. The molecule has 0 unspecified atom stereocenters. The Kier molecular flexibility index (Phi) is 4.57. The van der Waals surface area contributed by atoms with Gasteiger partial charge in [0.05, 0.1) is 5.37 Å². The largest absolute Gasteiger partial charge is 0.214 e. The topological polar surface area (TPSA) is 34.1 Å². The van der Waals surface area contributed by atoms with E-state index in [1.54, 1.807) is 24.3 Å². The molecule has 0 atom stereocenters. The summed E-state index contributed by atoms with van der Waals surface area (Å²) in [5, 5.41) is 1.17. The van der Waals surface area contributed by atoms with E-state index in [4.69, 9.17) is 0 Å². The second-order valence-electron chi connectivity index (χ2n) is 1.79. The number of halogens is 1. The maximum Gasteiger partial charge on any atom is 0.214 e. The van der Waals surface area contributed by atoms with Gasteiger partial charge in [-0.1, -0.05) is 30.3 Å². The standard InChI is InChI=1S/C7H6O2S.ClH/c8-10(9)6-7-4-2-1-3-5-7;/h1-6H;1H. The van der Waals surface area contributed by atoms with Gasteiger partial charge in [-0.05, 0) is 5.56 Å². The molecular formula is C7H7ClO2S. The van der Waals surface area contributed by atoms with E-state index in [0.29, 0.717) is 5.56 Å². The van der Waals surface area contributed by atoms with E-state index in [-0.39, 0.29) is 12.4 Å². The Morgan fingerprint density at radius 3 is 2.09 bits per heavy atom. The molecule has 11 heavy (non-hydrogen) atoms. The summed E-state index contributed by atoms with van der Waals surface area (Å²) >= 11 is 0. The van der Waals surface area contributed by atoms with Crippen molar-refractivity contribution in [2.75, 3.05) is 0 Å². The number of hydrogen-bond acceptors (Lipinski definition) is 2. The van der Waals surface area contributed by atoms with Crippen molar-refractivity contribution in [2.24, 2.45) is 0 Å². The smallest absolute Gasteiger partial charge is 0.185 e. The molecule has 60 valence electrons. The number of rotatable bonds is 1. The minimum atomic E-state index is -2.09. The molecule has 0 N–H and O–H groups in total. The molecule has 1 aromatic carbocycles. The second kappa shape index (κ2) is 4.93. The van der Waals surface area contributed by atoms with Crippen molar-refractivity contribution in [3.05, 3.63) is 35.9 Å². The lowest BCUT2D eigenvalue weighted by Gasteiger charge is -1.83. The summed E-state index contributed by atoms with van der Waals surface area (Å²) in [5.41, 5.74) is 0.704. The summed E-state index contributed by atoms with van der Waals surface area (Å²) in [7, 11) is -2.09. The fourth-order valence-corrected chi connectivity index (χ4v) is 1.02. The maximum absolute atomic E-state index is 10.1. The van der Waals surface area contributed by atoms with E-state index in [9.17, 15) is 8.42 Å². The predicted octanol–water partition coefficient (Wildman–Crippen LogP) is 1.14. The first-order valence-electron chi connectivity index (χ1n) is 2.77. The SMILES string of the molecule is Cl.O=S(=O)=Cc1ccccc1. The highest BCUT2D eigenvalue weighted by molar-refractivity contribution is 7.71. The van der Waals surface area contributed by atoms with Crippen molar-refractivity contribution in [1.29, 1.82) is 0 Å². The molecule has 0 aromatic heterocycles. The van der Waals surface area contributed by atoms with Crippen LogP contribution in [0.3, 0.4) is 0 Å². The van der Waals surface area contributed by atoms with Crippen LogP contribution < -0.4 is 0 Å². The summed E-state index contributed by atoms with van der Waals surface area (Å²) < 4.78 is 20.2. The van der Waals surface area contributed by atoms with Crippen LogP contribution in [0.2, 0.25) is 0 Å². The Morgan fingerprint density at radius 1 is 1.09 bits per heavy atom. The first-order valence-corrected chi connectivity index (χ1v) is 3.91. The van der Waals surface area contributed by atoms with Crippen LogP contribution in [0.1, 0.15) is 5.56 Å². The lowest BCUT2D eigenvalue weighted by molar-refractivity contribution is 0.627. The third-order valence-corrected chi connectivity index (χ3v) is 1.50. The van der Waals surface area contributed by atoms with Crippen LogP contribution in [0.4, 0.5) is 0 Å². The molecule has 0 aliphatic rings. The minimum Gasteiger partial charge on any atom is -0.185 e. The van der Waals surface area contributed by atoms with Crippen LogP contribution in [-0.4, -0.2) is 13.8 Å². The van der Waals surface area contributed by atoms with Gasteiger partial charge in [0.2, 0.25) is 10.3 Å². The highest BCUT2D eigenvalue weighted by atomic mass is 35.5. The van der Waals surface area contributed by atoms with Gasteiger partial charge in [-0.2, -0.15) is 8.42 Å². The molecule has 0 saturated carbocycles. The highest BCUT2D eigenvalue weighted by Gasteiger charge is 1.81. The van der Waals surface area contributed by atoms with E-state index >= 15 is 0 Å². The molecule has 0 aliphatic carbocycles. The summed E-state index contributed by atoms with van der Waals surface area (Å²) in [4.78, 5) is 0. The number of hydrogen-bond donors (Lipinski definition) is 0. The molecule has 0 heterocycles. The van der Waals surface area contributed by atoms with Crippen LogP contribution in [0.15, 0.2) is 30.3 Å². The average Bonchev–Trinajstić information content (AvgIpc) is 1.88. The highest BCUT2D eigenvalue weighted by Crippen LogP contribution is 1.92. The Hall–Kier alpha value is -0.800. The molecule has 0 amide bonds. The van der Waals surface area contributed by atoms with Crippen molar-refractivity contribution >= 4 is 28.1 Å². The van der Waals surface area contributed by atoms with Crippen molar-refractivity contribution < 1.29 is 8.42 Å². The van der Waals surface area contributed by atoms with Gasteiger partial charge in [0, 0.05) is 0 Å². The molecule has 0 aliphatic heterocycles.